The van der Waals surface area contributed by atoms with Crippen LogP contribution in [-0.2, 0) is 21.3 Å². The smallest absolute Gasteiger partial charge is 0.244 e. The zero-order valence-electron chi connectivity index (χ0n) is 12.7. The van der Waals surface area contributed by atoms with E-state index in [2.05, 4.69) is 5.32 Å². The fourth-order valence-electron chi connectivity index (χ4n) is 1.84. The Hall–Kier alpha value is -0.660. The van der Waals surface area contributed by atoms with Gasteiger partial charge in [0, 0.05) is 33.9 Å². The van der Waals surface area contributed by atoms with Gasteiger partial charge in [-0.05, 0) is 30.7 Å². The van der Waals surface area contributed by atoms with Crippen LogP contribution in [0.4, 0.5) is 0 Å². The molecule has 1 aromatic rings. The predicted molar refractivity (Wildman–Crippen MR) is 85.1 cm³/mol. The molecule has 0 amide bonds. The topological polar surface area (TPSA) is 58.6 Å². The number of nitrogens with one attached hydrogen (secondary N) is 1. The Morgan fingerprint density at radius 3 is 2.71 bits per heavy atom. The molecule has 0 heterocycles. The van der Waals surface area contributed by atoms with Crippen molar-refractivity contribution in [3.63, 3.8) is 0 Å². The number of ether oxygens (including phenoxy) is 1. The van der Waals surface area contributed by atoms with Gasteiger partial charge in [-0.3, -0.25) is 0 Å². The van der Waals surface area contributed by atoms with Crippen molar-refractivity contribution in [2.45, 2.75) is 24.8 Å². The van der Waals surface area contributed by atoms with Crippen LogP contribution in [0.5, 0.6) is 0 Å². The van der Waals surface area contributed by atoms with E-state index in [0.717, 1.165) is 12.1 Å². The van der Waals surface area contributed by atoms with Gasteiger partial charge in [0.05, 0.1) is 5.02 Å². The van der Waals surface area contributed by atoms with Crippen LogP contribution in [0.1, 0.15) is 18.9 Å². The molecule has 0 bridgehead atoms. The number of sulfonamides is 1. The first-order chi connectivity index (χ1) is 9.93. The van der Waals surface area contributed by atoms with E-state index in [-0.39, 0.29) is 9.92 Å². The molecule has 0 atom stereocenters. The van der Waals surface area contributed by atoms with E-state index in [9.17, 15) is 8.42 Å². The molecule has 0 fully saturated rings. The lowest BCUT2D eigenvalue weighted by atomic mass is 10.2. The minimum absolute atomic E-state index is 0.152. The second-order valence-corrected chi connectivity index (χ2v) is 7.14. The van der Waals surface area contributed by atoms with Gasteiger partial charge in [-0.15, -0.1) is 0 Å². The first kappa shape index (κ1) is 18.4. The fraction of sp³-hybridized carbons (Fsp3) is 0.571. The largest absolute Gasteiger partial charge is 0.385 e. The minimum atomic E-state index is -3.58. The van der Waals surface area contributed by atoms with E-state index in [4.69, 9.17) is 16.3 Å². The number of halogens is 1. The lowest BCUT2D eigenvalue weighted by Gasteiger charge is -2.18. The summed E-state index contributed by atoms with van der Waals surface area (Å²) in [5.41, 5.74) is 0.894. The zero-order chi connectivity index (χ0) is 15.9. The van der Waals surface area contributed by atoms with E-state index in [0.29, 0.717) is 26.1 Å². The molecule has 0 radical (unpaired) electrons. The van der Waals surface area contributed by atoms with Gasteiger partial charge in [0.25, 0.3) is 0 Å². The first-order valence-corrected chi connectivity index (χ1v) is 8.69. The molecule has 0 aromatic heterocycles. The average molecular weight is 335 g/mol. The number of hydrogen-bond donors (Lipinski definition) is 1. The normalized spacial score (nSPS) is 12.0. The van der Waals surface area contributed by atoms with Crippen molar-refractivity contribution in [3.05, 3.63) is 28.8 Å². The molecule has 0 saturated heterocycles. The van der Waals surface area contributed by atoms with Crippen molar-refractivity contribution in [2.24, 2.45) is 0 Å². The molecule has 0 saturated carbocycles. The van der Waals surface area contributed by atoms with E-state index in [1.807, 2.05) is 13.0 Å². The Labute approximate surface area is 132 Å². The van der Waals surface area contributed by atoms with Crippen molar-refractivity contribution < 1.29 is 13.2 Å². The van der Waals surface area contributed by atoms with Crippen LogP contribution < -0.4 is 5.32 Å². The van der Waals surface area contributed by atoms with Crippen molar-refractivity contribution in [1.82, 2.24) is 9.62 Å². The Balaban J connectivity index is 2.95. The molecular weight excluding hydrogens is 312 g/mol. The molecule has 7 heteroatoms. The predicted octanol–water partition coefficient (Wildman–Crippen LogP) is 2.11. The highest BCUT2D eigenvalue weighted by atomic mass is 35.5. The van der Waals surface area contributed by atoms with Crippen molar-refractivity contribution in [2.75, 3.05) is 33.9 Å². The van der Waals surface area contributed by atoms with E-state index in [1.54, 1.807) is 26.3 Å². The first-order valence-electron chi connectivity index (χ1n) is 6.88. The van der Waals surface area contributed by atoms with Crippen molar-refractivity contribution >= 4 is 21.6 Å². The lowest BCUT2D eigenvalue weighted by molar-refractivity contribution is 0.189. The highest BCUT2D eigenvalue weighted by Gasteiger charge is 2.23. The third kappa shape index (κ3) is 5.23. The molecule has 1 rings (SSSR count). The summed E-state index contributed by atoms with van der Waals surface area (Å²) in [5.74, 6) is 0. The molecule has 120 valence electrons. The van der Waals surface area contributed by atoms with Gasteiger partial charge in [-0.1, -0.05) is 24.6 Å². The standard InChI is InChI=1S/C14H23ClN2O3S/c1-4-16-11-12-6-7-13(15)14(10-12)21(18,19)17(2)8-5-9-20-3/h6-7,10,16H,4-5,8-9,11H2,1-3H3. The van der Waals surface area contributed by atoms with Crippen LogP contribution in [0.3, 0.4) is 0 Å². The van der Waals surface area contributed by atoms with Crippen LogP contribution in [0.15, 0.2) is 23.1 Å². The van der Waals surface area contributed by atoms with Crippen LogP contribution >= 0.6 is 11.6 Å². The van der Waals surface area contributed by atoms with Crippen LogP contribution in [0, 0.1) is 0 Å². The summed E-state index contributed by atoms with van der Waals surface area (Å²) in [6.07, 6.45) is 0.640. The summed E-state index contributed by atoms with van der Waals surface area (Å²) in [6, 6.07) is 5.09. The maximum Gasteiger partial charge on any atom is 0.244 e. The van der Waals surface area contributed by atoms with E-state index in [1.165, 1.54) is 4.31 Å². The van der Waals surface area contributed by atoms with Crippen molar-refractivity contribution in [3.8, 4) is 0 Å². The van der Waals surface area contributed by atoms with Crippen LogP contribution in [0.2, 0.25) is 5.02 Å². The molecule has 0 unspecified atom stereocenters. The monoisotopic (exact) mass is 334 g/mol. The van der Waals surface area contributed by atoms with Gasteiger partial charge in [0.1, 0.15) is 4.90 Å². The maximum atomic E-state index is 12.6. The number of benzene rings is 1. The number of hydrogen-bond acceptors (Lipinski definition) is 4. The Morgan fingerprint density at radius 2 is 2.10 bits per heavy atom. The third-order valence-electron chi connectivity index (χ3n) is 3.08. The van der Waals surface area contributed by atoms with Gasteiger partial charge >= 0.3 is 0 Å². The highest BCUT2D eigenvalue weighted by Crippen LogP contribution is 2.25. The molecule has 21 heavy (non-hydrogen) atoms. The maximum absolute atomic E-state index is 12.6. The molecule has 0 aliphatic heterocycles. The molecule has 1 N–H and O–H groups in total. The summed E-state index contributed by atoms with van der Waals surface area (Å²) in [6.45, 7) is 4.35. The molecular formula is C14H23ClN2O3S. The van der Waals surface area contributed by atoms with Gasteiger partial charge in [0.15, 0.2) is 0 Å². The Morgan fingerprint density at radius 1 is 1.38 bits per heavy atom. The molecule has 0 aliphatic carbocycles. The van der Waals surface area contributed by atoms with Gasteiger partial charge in [0.2, 0.25) is 10.0 Å². The highest BCUT2D eigenvalue weighted by molar-refractivity contribution is 7.89. The summed E-state index contributed by atoms with van der Waals surface area (Å²) in [5, 5.41) is 3.41. The summed E-state index contributed by atoms with van der Waals surface area (Å²) < 4.78 is 31.4. The zero-order valence-corrected chi connectivity index (χ0v) is 14.3. The van der Waals surface area contributed by atoms with Gasteiger partial charge in [-0.2, -0.15) is 0 Å². The van der Waals surface area contributed by atoms with Crippen LogP contribution in [-0.4, -0.2) is 46.6 Å². The Kier molecular flexibility index (Phi) is 7.62. The SMILES string of the molecule is CCNCc1ccc(Cl)c(S(=O)(=O)N(C)CCCOC)c1. The summed E-state index contributed by atoms with van der Waals surface area (Å²) in [7, 11) is -0.433. The fourth-order valence-corrected chi connectivity index (χ4v) is 3.57. The second-order valence-electron chi connectivity index (χ2n) is 4.72. The second kappa shape index (κ2) is 8.70. The van der Waals surface area contributed by atoms with Gasteiger partial charge < -0.3 is 10.1 Å². The summed E-state index contributed by atoms with van der Waals surface area (Å²) in [4.78, 5) is 0.152. The molecule has 0 aliphatic rings. The van der Waals surface area contributed by atoms with Crippen molar-refractivity contribution in [1.29, 1.82) is 0 Å². The minimum Gasteiger partial charge on any atom is -0.385 e. The lowest BCUT2D eigenvalue weighted by Crippen LogP contribution is -2.29. The number of methoxy groups -OCH3 is 1. The van der Waals surface area contributed by atoms with E-state index >= 15 is 0 Å². The van der Waals surface area contributed by atoms with E-state index < -0.39 is 10.0 Å². The summed E-state index contributed by atoms with van der Waals surface area (Å²) >= 11 is 6.07. The molecule has 5 nitrogen and oxygen atoms in total. The van der Waals surface area contributed by atoms with Crippen LogP contribution in [0.25, 0.3) is 0 Å². The Bertz CT molecular complexity index is 549. The quantitative estimate of drug-likeness (QED) is 0.703. The third-order valence-corrected chi connectivity index (χ3v) is 5.42. The average Bonchev–Trinajstić information content (AvgIpc) is 2.46. The molecule has 1 aromatic carbocycles. The molecule has 0 spiro atoms. The van der Waals surface area contributed by atoms with Gasteiger partial charge in [-0.25, -0.2) is 12.7 Å². The number of rotatable bonds is 9. The number of nitrogens with zero attached hydrogens (tertiary/aromatic N) is 1.